The maximum atomic E-state index is 12.9. The molecule has 5 rings (SSSR count). The highest BCUT2D eigenvalue weighted by atomic mass is 16.5. The number of amides is 1. The molecule has 0 spiro atoms. The van der Waals surface area contributed by atoms with Gasteiger partial charge in [-0.2, -0.15) is 0 Å². The molecule has 1 fully saturated rings. The van der Waals surface area contributed by atoms with Crippen LogP contribution in [0.3, 0.4) is 0 Å². The first-order valence-corrected chi connectivity index (χ1v) is 12.1. The standard InChI is InChI=1S/C29H31N3O3/c1-20-15-21(2)17-25(16-20)35-14-6-13-31-27-8-5-4-7-26(27)30-29(31)22-18-28(33)32(19-22)23-9-11-24(34-3)12-10-23/h4-5,7-12,15-17,22H,6,13-14,18-19H2,1-3H3. The monoisotopic (exact) mass is 469 g/mol. The number of aryl methyl sites for hydroxylation is 3. The van der Waals surface area contributed by atoms with Crippen molar-refractivity contribution in [1.82, 2.24) is 9.55 Å². The SMILES string of the molecule is COc1ccc(N2CC(c3nc4ccccc4n3CCCOc3cc(C)cc(C)c3)CC2=O)cc1. The lowest BCUT2D eigenvalue weighted by atomic mass is 10.1. The van der Waals surface area contributed by atoms with Gasteiger partial charge in [-0.3, -0.25) is 4.79 Å². The second kappa shape index (κ2) is 9.82. The van der Waals surface area contributed by atoms with Gasteiger partial charge in [-0.25, -0.2) is 4.98 Å². The van der Waals surface area contributed by atoms with Crippen molar-refractivity contribution in [3.05, 3.63) is 83.7 Å². The van der Waals surface area contributed by atoms with Gasteiger partial charge in [-0.1, -0.05) is 18.2 Å². The van der Waals surface area contributed by atoms with E-state index >= 15 is 0 Å². The number of methoxy groups -OCH3 is 1. The van der Waals surface area contributed by atoms with Crippen LogP contribution in [0.25, 0.3) is 11.0 Å². The van der Waals surface area contributed by atoms with Crippen molar-refractivity contribution in [2.24, 2.45) is 0 Å². The van der Waals surface area contributed by atoms with Gasteiger partial charge in [-0.15, -0.1) is 0 Å². The number of nitrogens with zero attached hydrogens (tertiary/aromatic N) is 3. The molecule has 3 aromatic carbocycles. The van der Waals surface area contributed by atoms with Crippen molar-refractivity contribution in [3.63, 3.8) is 0 Å². The Morgan fingerprint density at radius 1 is 0.971 bits per heavy atom. The lowest BCUT2D eigenvalue weighted by molar-refractivity contribution is -0.117. The van der Waals surface area contributed by atoms with Gasteiger partial charge in [0.05, 0.1) is 24.8 Å². The molecule has 0 radical (unpaired) electrons. The molecule has 0 aliphatic carbocycles. The van der Waals surface area contributed by atoms with E-state index in [1.807, 2.05) is 47.4 Å². The Balaban J connectivity index is 1.33. The minimum Gasteiger partial charge on any atom is -0.497 e. The summed E-state index contributed by atoms with van der Waals surface area (Å²) in [5.74, 6) is 2.83. The normalized spacial score (nSPS) is 15.7. The summed E-state index contributed by atoms with van der Waals surface area (Å²) in [6.45, 7) is 6.20. The average molecular weight is 470 g/mol. The van der Waals surface area contributed by atoms with Crippen molar-refractivity contribution in [3.8, 4) is 11.5 Å². The van der Waals surface area contributed by atoms with Crippen molar-refractivity contribution >= 4 is 22.6 Å². The number of carbonyl (C=O) groups excluding carboxylic acids is 1. The minimum absolute atomic E-state index is 0.0392. The van der Waals surface area contributed by atoms with E-state index in [4.69, 9.17) is 14.5 Å². The highest BCUT2D eigenvalue weighted by Crippen LogP contribution is 2.34. The molecule has 1 amide bonds. The summed E-state index contributed by atoms with van der Waals surface area (Å²) < 4.78 is 13.6. The summed E-state index contributed by atoms with van der Waals surface area (Å²) in [5.41, 5.74) is 5.37. The third kappa shape index (κ3) is 4.87. The summed E-state index contributed by atoms with van der Waals surface area (Å²) in [6.07, 6.45) is 1.30. The van der Waals surface area contributed by atoms with E-state index in [2.05, 4.69) is 42.7 Å². The zero-order valence-corrected chi connectivity index (χ0v) is 20.5. The van der Waals surface area contributed by atoms with Gasteiger partial charge in [0.15, 0.2) is 0 Å². The average Bonchev–Trinajstić information content (AvgIpc) is 3.42. The van der Waals surface area contributed by atoms with E-state index in [0.29, 0.717) is 19.6 Å². The minimum atomic E-state index is 0.0392. The Morgan fingerprint density at radius 2 is 1.71 bits per heavy atom. The van der Waals surface area contributed by atoms with E-state index in [1.165, 1.54) is 11.1 Å². The number of aromatic nitrogens is 2. The number of rotatable bonds is 8. The third-order valence-electron chi connectivity index (χ3n) is 6.55. The largest absolute Gasteiger partial charge is 0.497 e. The zero-order chi connectivity index (χ0) is 24.4. The molecule has 1 unspecified atom stereocenters. The molecule has 1 atom stereocenters. The number of imidazole rings is 1. The van der Waals surface area contributed by atoms with Gasteiger partial charge in [0, 0.05) is 31.1 Å². The first-order valence-electron chi connectivity index (χ1n) is 12.1. The second-order valence-electron chi connectivity index (χ2n) is 9.24. The molecule has 1 aliphatic rings. The molecule has 6 heteroatoms. The Labute approximate surface area is 206 Å². The van der Waals surface area contributed by atoms with Crippen LogP contribution >= 0.6 is 0 Å². The number of hydrogen-bond donors (Lipinski definition) is 0. The topological polar surface area (TPSA) is 56.6 Å². The number of benzene rings is 3. The van der Waals surface area contributed by atoms with Gasteiger partial charge in [0.2, 0.25) is 5.91 Å². The summed E-state index contributed by atoms with van der Waals surface area (Å²) >= 11 is 0. The Hall–Kier alpha value is -3.80. The number of para-hydroxylation sites is 2. The molecule has 6 nitrogen and oxygen atoms in total. The first-order chi connectivity index (χ1) is 17.0. The molecule has 1 saturated heterocycles. The summed E-state index contributed by atoms with van der Waals surface area (Å²) in [6, 6.07) is 22.1. The maximum Gasteiger partial charge on any atom is 0.227 e. The quantitative estimate of drug-likeness (QED) is 0.313. The van der Waals surface area contributed by atoms with E-state index in [9.17, 15) is 4.79 Å². The van der Waals surface area contributed by atoms with Crippen LogP contribution in [0.1, 0.15) is 35.7 Å². The lowest BCUT2D eigenvalue weighted by Crippen LogP contribution is -2.24. The molecule has 0 bridgehead atoms. The first kappa shape index (κ1) is 23.0. The van der Waals surface area contributed by atoms with Crippen molar-refractivity contribution in [2.45, 2.75) is 39.2 Å². The summed E-state index contributed by atoms with van der Waals surface area (Å²) in [7, 11) is 1.64. The predicted octanol–water partition coefficient (Wildman–Crippen LogP) is 5.65. The fraction of sp³-hybridized carbons (Fsp3) is 0.310. The molecule has 4 aromatic rings. The number of hydrogen-bond acceptors (Lipinski definition) is 4. The van der Waals surface area contributed by atoms with Crippen LogP contribution < -0.4 is 14.4 Å². The number of fused-ring (bicyclic) bond motifs is 1. The summed E-state index contributed by atoms with van der Waals surface area (Å²) in [4.78, 5) is 19.8. The molecular weight excluding hydrogens is 438 g/mol. The highest BCUT2D eigenvalue weighted by Gasteiger charge is 2.34. The Bertz CT molecular complexity index is 1320. The van der Waals surface area contributed by atoms with Crippen LogP contribution in [0.4, 0.5) is 5.69 Å². The van der Waals surface area contributed by atoms with Gasteiger partial charge in [-0.05, 0) is 79.9 Å². The van der Waals surface area contributed by atoms with E-state index in [0.717, 1.165) is 47.0 Å². The highest BCUT2D eigenvalue weighted by molar-refractivity contribution is 5.96. The second-order valence-corrected chi connectivity index (χ2v) is 9.24. The molecule has 0 saturated carbocycles. The van der Waals surface area contributed by atoms with E-state index in [-0.39, 0.29) is 11.8 Å². The smallest absolute Gasteiger partial charge is 0.227 e. The predicted molar refractivity (Wildman–Crippen MR) is 138 cm³/mol. The molecule has 35 heavy (non-hydrogen) atoms. The van der Waals surface area contributed by atoms with Crippen molar-refractivity contribution in [1.29, 1.82) is 0 Å². The summed E-state index contributed by atoms with van der Waals surface area (Å²) in [5, 5.41) is 0. The Morgan fingerprint density at radius 3 is 2.46 bits per heavy atom. The third-order valence-corrected chi connectivity index (χ3v) is 6.55. The maximum absolute atomic E-state index is 12.9. The van der Waals surface area contributed by atoms with Crippen LogP contribution in [0, 0.1) is 13.8 Å². The van der Waals surface area contributed by atoms with Crippen LogP contribution in [-0.2, 0) is 11.3 Å². The molecular formula is C29H31N3O3. The fourth-order valence-electron chi connectivity index (χ4n) is 4.96. The zero-order valence-electron chi connectivity index (χ0n) is 20.5. The number of ether oxygens (including phenoxy) is 2. The van der Waals surface area contributed by atoms with Gasteiger partial charge < -0.3 is 18.9 Å². The van der Waals surface area contributed by atoms with Crippen LogP contribution in [-0.4, -0.2) is 35.7 Å². The molecule has 2 heterocycles. The van der Waals surface area contributed by atoms with Gasteiger partial charge in [0.25, 0.3) is 0 Å². The number of carbonyl (C=O) groups is 1. The lowest BCUT2D eigenvalue weighted by Gasteiger charge is -2.18. The van der Waals surface area contributed by atoms with Crippen LogP contribution in [0.5, 0.6) is 11.5 Å². The fourth-order valence-corrected chi connectivity index (χ4v) is 4.96. The van der Waals surface area contributed by atoms with Crippen LogP contribution in [0.2, 0.25) is 0 Å². The molecule has 1 aromatic heterocycles. The number of anilines is 1. The van der Waals surface area contributed by atoms with Crippen molar-refractivity contribution < 1.29 is 14.3 Å². The Kier molecular flexibility index (Phi) is 6.45. The van der Waals surface area contributed by atoms with Crippen molar-refractivity contribution in [2.75, 3.05) is 25.2 Å². The molecule has 180 valence electrons. The van der Waals surface area contributed by atoms with E-state index in [1.54, 1.807) is 7.11 Å². The molecule has 1 aliphatic heterocycles. The van der Waals surface area contributed by atoms with Gasteiger partial charge in [0.1, 0.15) is 17.3 Å². The van der Waals surface area contributed by atoms with E-state index < -0.39 is 0 Å². The van der Waals surface area contributed by atoms with Crippen LogP contribution in [0.15, 0.2) is 66.7 Å². The molecule has 0 N–H and O–H groups in total. The van der Waals surface area contributed by atoms with Gasteiger partial charge >= 0.3 is 0 Å².